The van der Waals surface area contributed by atoms with Crippen LogP contribution in [0.15, 0.2) is 22.7 Å². The Morgan fingerprint density at radius 1 is 1.38 bits per heavy atom. The quantitative estimate of drug-likeness (QED) is 0.827. The molecule has 0 aliphatic carbocycles. The number of piperidine rings is 1. The fourth-order valence-electron chi connectivity index (χ4n) is 2.51. The first kappa shape index (κ1) is 9.51. The van der Waals surface area contributed by atoms with Gasteiger partial charge in [-0.25, -0.2) is 4.79 Å². The van der Waals surface area contributed by atoms with Crippen LogP contribution in [-0.4, -0.2) is 29.1 Å². The fourth-order valence-corrected chi connectivity index (χ4v) is 2.51. The van der Waals surface area contributed by atoms with Crippen molar-refractivity contribution in [2.24, 2.45) is 5.92 Å². The van der Waals surface area contributed by atoms with Gasteiger partial charge in [-0.05, 0) is 30.9 Å². The maximum Gasteiger partial charge on any atom is 0.371 e. The van der Waals surface area contributed by atoms with Gasteiger partial charge in [-0.15, -0.1) is 0 Å². The Kier molecular flexibility index (Phi) is 2.02. The first-order chi connectivity index (χ1) is 7.74. The second-order valence-electron chi connectivity index (χ2n) is 4.36. The number of carbonyl (C=O) groups is 1. The molecule has 4 rings (SSSR count). The molecule has 1 aromatic rings. The number of hydrogen-bond acceptors (Lipinski definition) is 3. The molecule has 1 saturated heterocycles. The number of carboxylic acid groups (broad SMARTS) is 1. The lowest BCUT2D eigenvalue weighted by molar-refractivity contribution is 0.0661. The minimum atomic E-state index is -1.01. The molecule has 0 atom stereocenters. The molecule has 0 aromatic carbocycles. The van der Waals surface area contributed by atoms with E-state index in [2.05, 4.69) is 11.1 Å². The van der Waals surface area contributed by atoms with Crippen LogP contribution in [0.5, 0.6) is 0 Å². The Bertz CT molecular complexity index is 453. The summed E-state index contributed by atoms with van der Waals surface area (Å²) in [7, 11) is 0. The molecule has 0 saturated carbocycles. The summed E-state index contributed by atoms with van der Waals surface area (Å²) in [5.41, 5.74) is 1.16. The lowest BCUT2D eigenvalue weighted by Crippen LogP contribution is -2.35. The van der Waals surface area contributed by atoms with E-state index in [1.165, 1.54) is 6.07 Å². The van der Waals surface area contributed by atoms with Crippen LogP contribution in [0.25, 0.3) is 5.57 Å². The fraction of sp³-hybridized carbons (Fsp3) is 0.417. The summed E-state index contributed by atoms with van der Waals surface area (Å²) in [6.45, 7) is 2.22. The first-order valence-electron chi connectivity index (χ1n) is 5.53. The Morgan fingerprint density at radius 2 is 2.12 bits per heavy atom. The van der Waals surface area contributed by atoms with Crippen molar-refractivity contribution >= 4 is 11.5 Å². The van der Waals surface area contributed by atoms with Gasteiger partial charge in [0.15, 0.2) is 0 Å². The van der Waals surface area contributed by atoms with Crippen LogP contribution in [-0.2, 0) is 0 Å². The number of aromatic carboxylic acids is 1. The smallest absolute Gasteiger partial charge is 0.371 e. The van der Waals surface area contributed by atoms with E-state index in [4.69, 9.17) is 9.52 Å². The van der Waals surface area contributed by atoms with Gasteiger partial charge < -0.3 is 14.4 Å². The molecule has 1 fully saturated rings. The average Bonchev–Trinajstić information content (AvgIpc) is 2.80. The average molecular weight is 219 g/mol. The maximum atomic E-state index is 10.7. The summed E-state index contributed by atoms with van der Waals surface area (Å²) < 4.78 is 5.34. The van der Waals surface area contributed by atoms with Crippen LogP contribution in [0.3, 0.4) is 0 Å². The van der Waals surface area contributed by atoms with Crippen LogP contribution < -0.4 is 0 Å². The van der Waals surface area contributed by atoms with Crippen molar-refractivity contribution in [1.29, 1.82) is 0 Å². The van der Waals surface area contributed by atoms with Crippen molar-refractivity contribution in [2.45, 2.75) is 12.8 Å². The predicted molar refractivity (Wildman–Crippen MR) is 57.9 cm³/mol. The van der Waals surface area contributed by atoms with Gasteiger partial charge in [0, 0.05) is 24.9 Å². The number of furan rings is 1. The molecule has 0 radical (unpaired) electrons. The van der Waals surface area contributed by atoms with Gasteiger partial charge in [-0.2, -0.15) is 0 Å². The third-order valence-electron chi connectivity index (χ3n) is 3.39. The second-order valence-corrected chi connectivity index (χ2v) is 4.36. The molecule has 2 bridgehead atoms. The zero-order valence-electron chi connectivity index (χ0n) is 8.85. The van der Waals surface area contributed by atoms with E-state index in [9.17, 15) is 4.79 Å². The summed E-state index contributed by atoms with van der Waals surface area (Å²) in [6.07, 6.45) is 4.41. The third kappa shape index (κ3) is 1.41. The molecule has 84 valence electrons. The highest BCUT2D eigenvalue weighted by Crippen LogP contribution is 2.37. The molecular formula is C12H13NO3. The number of hydrogen-bond donors (Lipinski definition) is 1. The molecule has 4 heteroatoms. The van der Waals surface area contributed by atoms with E-state index in [1.807, 2.05) is 0 Å². The molecule has 0 spiro atoms. The van der Waals surface area contributed by atoms with E-state index in [0.717, 1.165) is 31.5 Å². The van der Waals surface area contributed by atoms with Crippen LogP contribution >= 0.6 is 0 Å². The van der Waals surface area contributed by atoms with Gasteiger partial charge in [0.1, 0.15) is 5.76 Å². The number of rotatable bonds is 2. The molecule has 1 aromatic heterocycles. The van der Waals surface area contributed by atoms with E-state index in [-0.39, 0.29) is 5.76 Å². The summed E-state index contributed by atoms with van der Waals surface area (Å²) in [4.78, 5) is 13.0. The van der Waals surface area contributed by atoms with Crippen molar-refractivity contribution in [1.82, 2.24) is 4.90 Å². The van der Waals surface area contributed by atoms with Gasteiger partial charge in [-0.1, -0.05) is 0 Å². The Labute approximate surface area is 93.2 Å². The van der Waals surface area contributed by atoms with Crippen molar-refractivity contribution in [2.75, 3.05) is 13.1 Å². The zero-order valence-corrected chi connectivity index (χ0v) is 8.85. The molecule has 0 unspecified atom stereocenters. The molecule has 16 heavy (non-hydrogen) atoms. The number of nitrogens with zero attached hydrogens (tertiary/aromatic N) is 1. The van der Waals surface area contributed by atoms with Crippen molar-refractivity contribution < 1.29 is 14.3 Å². The number of allylic oxidation sites excluding steroid dienone is 1. The molecular weight excluding hydrogens is 206 g/mol. The molecule has 0 amide bonds. The topological polar surface area (TPSA) is 53.7 Å². The predicted octanol–water partition coefficient (Wildman–Crippen LogP) is 2.04. The summed E-state index contributed by atoms with van der Waals surface area (Å²) in [5, 5.41) is 8.80. The molecule has 4 heterocycles. The molecule has 4 nitrogen and oxygen atoms in total. The number of fused-ring (bicyclic) bond motifs is 2. The Hall–Kier alpha value is -1.71. The lowest BCUT2D eigenvalue weighted by atomic mass is 9.85. The normalized spacial score (nSPS) is 20.0. The lowest BCUT2D eigenvalue weighted by Gasteiger charge is -2.38. The molecule has 3 aliphatic heterocycles. The molecule has 3 aliphatic rings. The first-order valence-corrected chi connectivity index (χ1v) is 5.53. The van der Waals surface area contributed by atoms with Crippen LogP contribution in [0.2, 0.25) is 0 Å². The summed E-state index contributed by atoms with van der Waals surface area (Å²) >= 11 is 0. The van der Waals surface area contributed by atoms with Gasteiger partial charge in [0.25, 0.3) is 0 Å². The van der Waals surface area contributed by atoms with E-state index < -0.39 is 5.97 Å². The Morgan fingerprint density at radius 3 is 2.62 bits per heavy atom. The van der Waals surface area contributed by atoms with Gasteiger partial charge >= 0.3 is 5.97 Å². The second kappa shape index (κ2) is 3.40. The number of carboxylic acids is 1. The maximum absolute atomic E-state index is 10.7. The SMILES string of the molecule is O=C(O)c1ccc(C2=CN3CCC2CC3)o1. The highest BCUT2D eigenvalue weighted by molar-refractivity contribution is 5.85. The summed E-state index contributed by atoms with van der Waals surface area (Å²) in [5.74, 6) is 0.269. The van der Waals surface area contributed by atoms with Gasteiger partial charge in [0.2, 0.25) is 5.76 Å². The standard InChI is InChI=1S/C12H13NO3/c14-12(15)11-2-1-10(16-11)9-7-13-5-3-8(9)4-6-13/h1-2,7-8H,3-6H2,(H,14,15). The van der Waals surface area contributed by atoms with Crippen LogP contribution in [0.1, 0.15) is 29.2 Å². The van der Waals surface area contributed by atoms with E-state index in [1.54, 1.807) is 6.07 Å². The van der Waals surface area contributed by atoms with Gasteiger partial charge in [-0.3, -0.25) is 0 Å². The van der Waals surface area contributed by atoms with Crippen molar-refractivity contribution in [3.63, 3.8) is 0 Å². The summed E-state index contributed by atoms with van der Waals surface area (Å²) in [6, 6.07) is 3.28. The molecule has 1 N–H and O–H groups in total. The van der Waals surface area contributed by atoms with E-state index in [0.29, 0.717) is 11.7 Å². The highest BCUT2D eigenvalue weighted by atomic mass is 16.4. The zero-order chi connectivity index (χ0) is 11.1. The van der Waals surface area contributed by atoms with Crippen molar-refractivity contribution in [3.05, 3.63) is 29.9 Å². The van der Waals surface area contributed by atoms with Crippen LogP contribution in [0, 0.1) is 5.92 Å². The third-order valence-corrected chi connectivity index (χ3v) is 3.39. The minimum absolute atomic E-state index is 0.0207. The monoisotopic (exact) mass is 219 g/mol. The largest absolute Gasteiger partial charge is 0.475 e. The Balaban J connectivity index is 1.94. The minimum Gasteiger partial charge on any atom is -0.475 e. The van der Waals surface area contributed by atoms with E-state index >= 15 is 0 Å². The highest BCUT2D eigenvalue weighted by Gasteiger charge is 2.29. The van der Waals surface area contributed by atoms with Gasteiger partial charge in [0.05, 0.1) is 0 Å². The van der Waals surface area contributed by atoms with Crippen molar-refractivity contribution in [3.8, 4) is 0 Å². The van der Waals surface area contributed by atoms with Crippen LogP contribution in [0.4, 0.5) is 0 Å².